The number of rotatable bonds is 15. The molecule has 0 spiro atoms. The monoisotopic (exact) mass is 312 g/mol. The van der Waals surface area contributed by atoms with Gasteiger partial charge in [0.2, 0.25) is 0 Å². The third-order valence-corrected chi connectivity index (χ3v) is 4.18. The fraction of sp³-hybridized carbons (Fsp3) is 0.842. The first-order valence-electron chi connectivity index (χ1n) is 9.08. The van der Waals surface area contributed by atoms with Gasteiger partial charge >= 0.3 is 5.97 Å². The number of hydrogen-bond acceptors (Lipinski definition) is 3. The zero-order chi connectivity index (χ0) is 16.6. The summed E-state index contributed by atoms with van der Waals surface area (Å²) in [7, 11) is 1.31. The third kappa shape index (κ3) is 11.8. The Labute approximate surface area is 137 Å². The second-order valence-corrected chi connectivity index (χ2v) is 6.21. The summed E-state index contributed by atoms with van der Waals surface area (Å²) >= 11 is 0. The highest BCUT2D eigenvalue weighted by Crippen LogP contribution is 2.14. The predicted molar refractivity (Wildman–Crippen MR) is 92.9 cm³/mol. The topological polar surface area (TPSA) is 46.5 Å². The highest BCUT2D eigenvalue weighted by Gasteiger charge is 2.16. The first-order chi connectivity index (χ1) is 10.6. The molecule has 0 amide bonds. The summed E-state index contributed by atoms with van der Waals surface area (Å²) in [5.41, 5.74) is 0.172. The third-order valence-electron chi connectivity index (χ3n) is 4.18. The van der Waals surface area contributed by atoms with Crippen molar-refractivity contribution >= 4 is 5.97 Å². The van der Waals surface area contributed by atoms with Crippen molar-refractivity contribution in [3.63, 3.8) is 0 Å². The second-order valence-electron chi connectivity index (χ2n) is 6.21. The van der Waals surface area contributed by atoms with Gasteiger partial charge in [0, 0.05) is 0 Å². The van der Waals surface area contributed by atoms with Gasteiger partial charge < -0.3 is 9.84 Å². The maximum atomic E-state index is 11.2. The molecule has 130 valence electrons. The second kappa shape index (κ2) is 15.1. The molecule has 1 N–H and O–H groups in total. The maximum absolute atomic E-state index is 11.2. The van der Waals surface area contributed by atoms with Crippen LogP contribution in [0, 0.1) is 0 Å². The van der Waals surface area contributed by atoms with Crippen LogP contribution in [0.2, 0.25) is 0 Å². The summed E-state index contributed by atoms with van der Waals surface area (Å²) in [6.45, 7) is 5.83. The summed E-state index contributed by atoms with van der Waals surface area (Å²) < 4.78 is 4.55. The number of carbonyl (C=O) groups excluding carboxylic acids is 1. The Morgan fingerprint density at radius 1 is 0.909 bits per heavy atom. The van der Waals surface area contributed by atoms with E-state index in [1.165, 1.54) is 71.3 Å². The number of hydrogen-bond donors (Lipinski definition) is 1. The molecule has 0 rings (SSSR count). The first kappa shape index (κ1) is 21.2. The lowest BCUT2D eigenvalue weighted by atomic mass is 10.0. The number of aliphatic hydroxyl groups excluding tert-OH is 1. The minimum atomic E-state index is -0.754. The van der Waals surface area contributed by atoms with Crippen LogP contribution in [0.15, 0.2) is 12.2 Å². The molecule has 3 nitrogen and oxygen atoms in total. The highest BCUT2D eigenvalue weighted by molar-refractivity contribution is 5.88. The van der Waals surface area contributed by atoms with Crippen LogP contribution < -0.4 is 0 Å². The Bertz CT molecular complexity index is 286. The van der Waals surface area contributed by atoms with Gasteiger partial charge in [-0.1, -0.05) is 90.6 Å². The van der Waals surface area contributed by atoms with Crippen LogP contribution in [0.3, 0.4) is 0 Å². The van der Waals surface area contributed by atoms with E-state index in [1.807, 2.05) is 0 Å². The molecule has 3 heteroatoms. The molecule has 0 fully saturated rings. The van der Waals surface area contributed by atoms with Crippen molar-refractivity contribution in [2.75, 3.05) is 7.11 Å². The van der Waals surface area contributed by atoms with Crippen LogP contribution in [-0.2, 0) is 9.53 Å². The van der Waals surface area contributed by atoms with E-state index in [2.05, 4.69) is 18.2 Å². The van der Waals surface area contributed by atoms with Gasteiger partial charge in [-0.05, 0) is 6.42 Å². The molecular formula is C19H36O3. The fourth-order valence-electron chi connectivity index (χ4n) is 2.62. The Kier molecular flexibility index (Phi) is 14.5. The van der Waals surface area contributed by atoms with Crippen LogP contribution in [0.4, 0.5) is 0 Å². The average Bonchev–Trinajstić information content (AvgIpc) is 2.54. The minimum Gasteiger partial charge on any atom is -0.466 e. The quantitative estimate of drug-likeness (QED) is 0.258. The molecule has 0 bridgehead atoms. The molecule has 1 atom stereocenters. The van der Waals surface area contributed by atoms with Crippen LogP contribution in [0.25, 0.3) is 0 Å². The van der Waals surface area contributed by atoms with Gasteiger partial charge in [0.05, 0.1) is 18.8 Å². The van der Waals surface area contributed by atoms with Crippen molar-refractivity contribution in [1.82, 2.24) is 0 Å². The van der Waals surface area contributed by atoms with Crippen molar-refractivity contribution < 1.29 is 14.6 Å². The molecule has 1 unspecified atom stereocenters. The first-order valence-corrected chi connectivity index (χ1v) is 9.08. The normalized spacial score (nSPS) is 12.1. The van der Waals surface area contributed by atoms with Gasteiger partial charge in [0.25, 0.3) is 0 Å². The van der Waals surface area contributed by atoms with Gasteiger partial charge in [0.1, 0.15) is 0 Å². The SMILES string of the molecule is C=C(C(=O)OC)C(O)CCCCCCCCCCCCCC. The minimum absolute atomic E-state index is 0.172. The largest absolute Gasteiger partial charge is 0.466 e. The Hall–Kier alpha value is -0.830. The molecule has 0 aliphatic rings. The molecule has 0 aromatic heterocycles. The lowest BCUT2D eigenvalue weighted by molar-refractivity contribution is -0.137. The van der Waals surface area contributed by atoms with E-state index in [0.29, 0.717) is 6.42 Å². The number of carbonyl (C=O) groups is 1. The summed E-state index contributed by atoms with van der Waals surface area (Å²) in [5, 5.41) is 9.78. The predicted octanol–water partition coefficient (Wildman–Crippen LogP) is 5.17. The van der Waals surface area contributed by atoms with Crippen LogP contribution >= 0.6 is 0 Å². The molecule has 22 heavy (non-hydrogen) atoms. The van der Waals surface area contributed by atoms with Gasteiger partial charge in [-0.2, -0.15) is 0 Å². The van der Waals surface area contributed by atoms with E-state index in [1.54, 1.807) is 0 Å². The van der Waals surface area contributed by atoms with Crippen molar-refractivity contribution in [3.05, 3.63) is 12.2 Å². The Balaban J connectivity index is 3.30. The van der Waals surface area contributed by atoms with E-state index in [9.17, 15) is 9.90 Å². The van der Waals surface area contributed by atoms with Crippen LogP contribution in [0.1, 0.15) is 90.4 Å². The summed E-state index contributed by atoms with van der Waals surface area (Å²) in [6.07, 6.45) is 15.3. The van der Waals surface area contributed by atoms with Crippen molar-refractivity contribution in [2.24, 2.45) is 0 Å². The summed E-state index contributed by atoms with van der Waals surface area (Å²) in [6, 6.07) is 0. The van der Waals surface area contributed by atoms with E-state index in [-0.39, 0.29) is 5.57 Å². The molecular weight excluding hydrogens is 276 g/mol. The zero-order valence-electron chi connectivity index (χ0n) is 14.7. The van der Waals surface area contributed by atoms with Crippen molar-refractivity contribution in [1.29, 1.82) is 0 Å². The van der Waals surface area contributed by atoms with Gasteiger partial charge in [-0.3, -0.25) is 0 Å². The lowest BCUT2D eigenvalue weighted by Crippen LogP contribution is -2.18. The van der Waals surface area contributed by atoms with Gasteiger partial charge in [-0.15, -0.1) is 0 Å². The van der Waals surface area contributed by atoms with E-state index in [0.717, 1.165) is 12.8 Å². The number of methoxy groups -OCH3 is 1. The number of esters is 1. The standard InChI is InChI=1S/C19H36O3/c1-4-5-6-7-8-9-10-11-12-13-14-15-16-18(20)17(2)19(21)22-3/h18,20H,2,4-16H2,1,3H3. The smallest absolute Gasteiger partial charge is 0.335 e. The molecule has 0 saturated carbocycles. The molecule has 0 aromatic carbocycles. The van der Waals surface area contributed by atoms with Crippen molar-refractivity contribution in [3.8, 4) is 0 Å². The maximum Gasteiger partial charge on any atom is 0.335 e. The van der Waals surface area contributed by atoms with Gasteiger partial charge in [-0.25, -0.2) is 4.79 Å². The number of aliphatic hydroxyl groups is 1. The van der Waals surface area contributed by atoms with E-state index >= 15 is 0 Å². The number of ether oxygens (including phenoxy) is 1. The Morgan fingerprint density at radius 2 is 1.32 bits per heavy atom. The molecule has 0 aromatic rings. The zero-order valence-corrected chi connectivity index (χ0v) is 14.7. The van der Waals surface area contributed by atoms with E-state index < -0.39 is 12.1 Å². The highest BCUT2D eigenvalue weighted by atomic mass is 16.5. The van der Waals surface area contributed by atoms with E-state index in [4.69, 9.17) is 0 Å². The van der Waals surface area contributed by atoms with Crippen molar-refractivity contribution in [2.45, 2.75) is 96.5 Å². The summed E-state index contributed by atoms with van der Waals surface area (Å²) in [4.78, 5) is 11.2. The molecule has 0 heterocycles. The summed E-state index contributed by atoms with van der Waals surface area (Å²) in [5.74, 6) is -0.508. The fourth-order valence-corrected chi connectivity index (χ4v) is 2.62. The Morgan fingerprint density at radius 3 is 1.73 bits per heavy atom. The molecule has 0 saturated heterocycles. The molecule has 0 radical (unpaired) electrons. The lowest BCUT2D eigenvalue weighted by Gasteiger charge is -2.11. The average molecular weight is 312 g/mol. The van der Waals surface area contributed by atoms with Crippen LogP contribution in [0.5, 0.6) is 0 Å². The number of unbranched alkanes of at least 4 members (excludes halogenated alkanes) is 11. The molecule has 0 aliphatic carbocycles. The van der Waals surface area contributed by atoms with Gasteiger partial charge in [0.15, 0.2) is 0 Å². The van der Waals surface area contributed by atoms with Crippen LogP contribution in [-0.4, -0.2) is 24.3 Å². The molecule has 0 aliphatic heterocycles.